The van der Waals surface area contributed by atoms with Crippen LogP contribution in [0, 0.1) is 5.92 Å². The maximum Gasteiger partial charge on any atom is 0.136 e. The molecule has 2 heteroatoms. The molecule has 4 aromatic rings. The zero-order valence-corrected chi connectivity index (χ0v) is 16.6. The molecule has 0 bridgehead atoms. The SMILES string of the molecule is CC1C=C(c2ccccc2)C=CC1c1ccc2oc3cccc(Br)c3c2c1. The molecule has 132 valence electrons. The fourth-order valence-corrected chi connectivity index (χ4v) is 4.63. The maximum absolute atomic E-state index is 6.02. The van der Waals surface area contributed by atoms with E-state index in [0.29, 0.717) is 11.8 Å². The van der Waals surface area contributed by atoms with Gasteiger partial charge in [-0.1, -0.05) is 83.5 Å². The first-order valence-electron chi connectivity index (χ1n) is 9.27. The second kappa shape index (κ2) is 6.54. The van der Waals surface area contributed by atoms with Crippen LogP contribution in [0.3, 0.4) is 0 Å². The predicted molar refractivity (Wildman–Crippen MR) is 117 cm³/mol. The van der Waals surface area contributed by atoms with Gasteiger partial charge in [0.1, 0.15) is 11.2 Å². The number of hydrogen-bond donors (Lipinski definition) is 0. The van der Waals surface area contributed by atoms with Gasteiger partial charge in [-0.2, -0.15) is 0 Å². The molecule has 0 saturated heterocycles. The molecule has 1 aliphatic carbocycles. The number of allylic oxidation sites excluding steroid dienone is 4. The van der Waals surface area contributed by atoms with E-state index < -0.39 is 0 Å². The van der Waals surface area contributed by atoms with E-state index in [0.717, 1.165) is 21.0 Å². The number of benzene rings is 3. The van der Waals surface area contributed by atoms with Gasteiger partial charge in [-0.3, -0.25) is 0 Å². The zero-order chi connectivity index (χ0) is 18.4. The molecular weight excluding hydrogens is 396 g/mol. The van der Waals surface area contributed by atoms with Crippen LogP contribution in [-0.2, 0) is 0 Å². The molecule has 0 amide bonds. The quantitative estimate of drug-likeness (QED) is 0.327. The number of furan rings is 1. The number of hydrogen-bond acceptors (Lipinski definition) is 1. The second-order valence-corrected chi connectivity index (χ2v) is 8.06. The summed E-state index contributed by atoms with van der Waals surface area (Å²) >= 11 is 3.68. The Labute approximate surface area is 167 Å². The number of rotatable bonds is 2. The van der Waals surface area contributed by atoms with E-state index in [1.165, 1.54) is 22.1 Å². The van der Waals surface area contributed by atoms with Crippen molar-refractivity contribution in [2.24, 2.45) is 5.92 Å². The number of fused-ring (bicyclic) bond motifs is 3. The van der Waals surface area contributed by atoms with Crippen LogP contribution in [0.25, 0.3) is 27.5 Å². The minimum absolute atomic E-state index is 0.370. The van der Waals surface area contributed by atoms with Crippen LogP contribution in [0.4, 0.5) is 0 Å². The van der Waals surface area contributed by atoms with Gasteiger partial charge in [0.05, 0.1) is 0 Å². The lowest BCUT2D eigenvalue weighted by Crippen LogP contribution is -2.09. The molecule has 1 aromatic heterocycles. The van der Waals surface area contributed by atoms with Gasteiger partial charge in [0, 0.05) is 21.2 Å². The molecule has 2 unspecified atom stereocenters. The summed E-state index contributed by atoms with van der Waals surface area (Å²) in [5, 5.41) is 2.33. The Morgan fingerprint density at radius 3 is 2.56 bits per heavy atom. The van der Waals surface area contributed by atoms with Gasteiger partial charge in [0.25, 0.3) is 0 Å². The normalized spacial score (nSPS) is 19.6. The zero-order valence-electron chi connectivity index (χ0n) is 15.0. The fourth-order valence-electron chi connectivity index (χ4n) is 4.07. The van der Waals surface area contributed by atoms with Gasteiger partial charge in [-0.25, -0.2) is 0 Å². The van der Waals surface area contributed by atoms with Crippen molar-refractivity contribution < 1.29 is 4.42 Å². The molecule has 27 heavy (non-hydrogen) atoms. The summed E-state index contributed by atoms with van der Waals surface area (Å²) in [4.78, 5) is 0. The summed E-state index contributed by atoms with van der Waals surface area (Å²) in [6.45, 7) is 2.30. The van der Waals surface area contributed by atoms with Crippen molar-refractivity contribution in [3.63, 3.8) is 0 Å². The first-order valence-corrected chi connectivity index (χ1v) is 10.1. The Balaban J connectivity index is 1.56. The summed E-state index contributed by atoms with van der Waals surface area (Å²) in [5.41, 5.74) is 5.77. The predicted octanol–water partition coefficient (Wildman–Crippen LogP) is 7.72. The van der Waals surface area contributed by atoms with Crippen molar-refractivity contribution in [1.29, 1.82) is 0 Å². The summed E-state index contributed by atoms with van der Waals surface area (Å²) < 4.78 is 7.10. The average molecular weight is 415 g/mol. The molecule has 0 radical (unpaired) electrons. The molecule has 1 nitrogen and oxygen atoms in total. The van der Waals surface area contributed by atoms with E-state index >= 15 is 0 Å². The molecule has 0 saturated carbocycles. The van der Waals surface area contributed by atoms with Crippen molar-refractivity contribution in [3.05, 3.63) is 101 Å². The Hall–Kier alpha value is -2.58. The molecule has 2 atom stereocenters. The van der Waals surface area contributed by atoms with Crippen LogP contribution in [-0.4, -0.2) is 0 Å². The molecule has 5 rings (SSSR count). The van der Waals surface area contributed by atoms with Crippen molar-refractivity contribution >= 4 is 43.4 Å². The molecular formula is C25H19BrO. The van der Waals surface area contributed by atoms with Crippen molar-refractivity contribution in [1.82, 2.24) is 0 Å². The average Bonchev–Trinajstić information content (AvgIpc) is 3.07. The molecule has 3 aromatic carbocycles. The molecule has 1 aliphatic rings. The highest BCUT2D eigenvalue weighted by Crippen LogP contribution is 2.39. The van der Waals surface area contributed by atoms with E-state index in [1.807, 2.05) is 12.1 Å². The third-order valence-electron chi connectivity index (χ3n) is 5.45. The number of halogens is 1. The van der Waals surface area contributed by atoms with Crippen LogP contribution in [0.1, 0.15) is 24.0 Å². The van der Waals surface area contributed by atoms with Crippen molar-refractivity contribution in [2.45, 2.75) is 12.8 Å². The summed E-state index contributed by atoms with van der Waals surface area (Å²) in [6.07, 6.45) is 6.98. The summed E-state index contributed by atoms with van der Waals surface area (Å²) in [7, 11) is 0. The lowest BCUT2D eigenvalue weighted by atomic mass is 9.80. The van der Waals surface area contributed by atoms with Gasteiger partial charge >= 0.3 is 0 Å². The minimum Gasteiger partial charge on any atom is -0.456 e. The Bertz CT molecular complexity index is 1200. The Kier molecular flexibility index (Phi) is 4.02. The van der Waals surface area contributed by atoms with E-state index in [2.05, 4.69) is 95.7 Å². The van der Waals surface area contributed by atoms with Gasteiger partial charge in [-0.05, 0) is 46.9 Å². The molecule has 0 spiro atoms. The van der Waals surface area contributed by atoms with Crippen LogP contribution < -0.4 is 0 Å². The van der Waals surface area contributed by atoms with Gasteiger partial charge in [-0.15, -0.1) is 0 Å². The minimum atomic E-state index is 0.370. The van der Waals surface area contributed by atoms with E-state index in [1.54, 1.807) is 0 Å². The van der Waals surface area contributed by atoms with Crippen LogP contribution in [0.5, 0.6) is 0 Å². The van der Waals surface area contributed by atoms with E-state index in [-0.39, 0.29) is 0 Å². The lowest BCUT2D eigenvalue weighted by molar-refractivity contribution is 0.637. The molecule has 0 aliphatic heterocycles. The topological polar surface area (TPSA) is 13.1 Å². The Morgan fingerprint density at radius 1 is 0.889 bits per heavy atom. The highest BCUT2D eigenvalue weighted by Gasteiger charge is 2.21. The monoisotopic (exact) mass is 414 g/mol. The third-order valence-corrected chi connectivity index (χ3v) is 6.11. The Morgan fingerprint density at radius 2 is 1.74 bits per heavy atom. The fraction of sp³-hybridized carbons (Fsp3) is 0.120. The first kappa shape index (κ1) is 16.6. The summed E-state index contributed by atoms with van der Waals surface area (Å²) in [6, 6.07) is 23.3. The van der Waals surface area contributed by atoms with Gasteiger partial charge in [0.2, 0.25) is 0 Å². The molecule has 1 heterocycles. The van der Waals surface area contributed by atoms with Crippen LogP contribution in [0.15, 0.2) is 93.8 Å². The van der Waals surface area contributed by atoms with E-state index in [4.69, 9.17) is 4.42 Å². The van der Waals surface area contributed by atoms with Gasteiger partial charge < -0.3 is 4.42 Å². The maximum atomic E-state index is 6.02. The van der Waals surface area contributed by atoms with Crippen LogP contribution >= 0.6 is 15.9 Å². The van der Waals surface area contributed by atoms with E-state index in [9.17, 15) is 0 Å². The molecule has 0 N–H and O–H groups in total. The van der Waals surface area contributed by atoms with Crippen molar-refractivity contribution in [2.75, 3.05) is 0 Å². The second-order valence-electron chi connectivity index (χ2n) is 7.20. The third kappa shape index (κ3) is 2.85. The first-order chi connectivity index (χ1) is 13.2. The summed E-state index contributed by atoms with van der Waals surface area (Å²) in [5.74, 6) is 0.804. The highest BCUT2D eigenvalue weighted by molar-refractivity contribution is 9.10. The standard InChI is InChI=1S/C25H19BrO/c1-16-14-18(17-6-3-2-4-7-17)10-12-20(16)19-11-13-23-21(15-19)25-22(26)8-5-9-24(25)27-23/h2-16,20H,1H3. The largest absolute Gasteiger partial charge is 0.456 e. The highest BCUT2D eigenvalue weighted by atomic mass is 79.9. The molecule has 0 fully saturated rings. The van der Waals surface area contributed by atoms with Crippen molar-refractivity contribution in [3.8, 4) is 0 Å². The lowest BCUT2D eigenvalue weighted by Gasteiger charge is -2.24. The van der Waals surface area contributed by atoms with Crippen LogP contribution in [0.2, 0.25) is 0 Å². The smallest absolute Gasteiger partial charge is 0.136 e. The van der Waals surface area contributed by atoms with Gasteiger partial charge in [0.15, 0.2) is 0 Å².